The number of anilines is 1. The Kier molecular flexibility index (Phi) is 6.60. The van der Waals surface area contributed by atoms with Gasteiger partial charge >= 0.3 is 5.97 Å². The van der Waals surface area contributed by atoms with Gasteiger partial charge in [0, 0.05) is 10.6 Å². The number of nitrogens with zero attached hydrogens (tertiary/aromatic N) is 1. The first-order valence-electron chi connectivity index (χ1n) is 9.50. The molecule has 0 spiro atoms. The zero-order valence-corrected chi connectivity index (χ0v) is 18.9. The molecule has 1 N–H and O–H groups in total. The monoisotopic (exact) mass is 481 g/mol. The summed E-state index contributed by atoms with van der Waals surface area (Å²) in [6, 6.07) is 21.0. The summed E-state index contributed by atoms with van der Waals surface area (Å²) in [5.41, 5.74) is 2.17. The lowest BCUT2D eigenvalue weighted by atomic mass is 10.1. The van der Waals surface area contributed by atoms with Crippen molar-refractivity contribution in [2.24, 2.45) is 0 Å². The molecular weight excluding hydrogens is 466 g/mol. The minimum Gasteiger partial charge on any atom is -0.489 e. The summed E-state index contributed by atoms with van der Waals surface area (Å²) >= 11 is 12.7. The van der Waals surface area contributed by atoms with E-state index in [1.54, 1.807) is 18.2 Å². The van der Waals surface area contributed by atoms with Crippen molar-refractivity contribution in [2.45, 2.75) is 6.61 Å². The van der Waals surface area contributed by atoms with Crippen molar-refractivity contribution < 1.29 is 19.4 Å². The van der Waals surface area contributed by atoms with E-state index in [0.29, 0.717) is 32.3 Å². The van der Waals surface area contributed by atoms with E-state index in [2.05, 4.69) is 0 Å². The number of amides is 1. The second-order valence-electron chi connectivity index (χ2n) is 6.83. The topological polar surface area (TPSA) is 66.8 Å². The number of thiocarbonyl (C=S) groups is 1. The van der Waals surface area contributed by atoms with Crippen LogP contribution >= 0.6 is 35.6 Å². The molecule has 1 aliphatic rings. The van der Waals surface area contributed by atoms with Crippen molar-refractivity contribution in [1.82, 2.24) is 0 Å². The number of hydrogen-bond donors (Lipinski definition) is 1. The van der Waals surface area contributed by atoms with Crippen LogP contribution in [0.5, 0.6) is 5.75 Å². The third-order valence-corrected chi connectivity index (χ3v) is 6.32. The van der Waals surface area contributed by atoms with E-state index >= 15 is 0 Å². The van der Waals surface area contributed by atoms with E-state index in [1.165, 1.54) is 28.8 Å². The summed E-state index contributed by atoms with van der Waals surface area (Å²) in [4.78, 5) is 26.0. The molecule has 1 amide bonds. The molecule has 3 aromatic carbocycles. The van der Waals surface area contributed by atoms with Crippen LogP contribution in [0.25, 0.3) is 6.08 Å². The van der Waals surface area contributed by atoms with Gasteiger partial charge in [0.25, 0.3) is 5.91 Å². The highest BCUT2D eigenvalue weighted by Crippen LogP contribution is 2.36. The Labute approximate surface area is 199 Å². The summed E-state index contributed by atoms with van der Waals surface area (Å²) in [7, 11) is 0. The van der Waals surface area contributed by atoms with E-state index in [4.69, 9.17) is 28.6 Å². The van der Waals surface area contributed by atoms with Crippen LogP contribution in [0.1, 0.15) is 21.5 Å². The van der Waals surface area contributed by atoms with Crippen LogP contribution < -0.4 is 9.64 Å². The molecule has 4 rings (SSSR count). The van der Waals surface area contributed by atoms with Gasteiger partial charge in [-0.05, 0) is 48.0 Å². The Morgan fingerprint density at radius 3 is 2.66 bits per heavy atom. The number of carbonyl (C=O) groups is 2. The third-order valence-electron chi connectivity index (χ3n) is 4.65. The second-order valence-corrected chi connectivity index (χ2v) is 8.91. The lowest BCUT2D eigenvalue weighted by Crippen LogP contribution is -2.27. The van der Waals surface area contributed by atoms with Crippen LogP contribution in [-0.4, -0.2) is 21.3 Å². The Balaban J connectivity index is 1.53. The average molecular weight is 482 g/mol. The van der Waals surface area contributed by atoms with Gasteiger partial charge in [0.05, 0.1) is 16.2 Å². The van der Waals surface area contributed by atoms with Gasteiger partial charge in [0.15, 0.2) is 4.32 Å². The maximum Gasteiger partial charge on any atom is 0.335 e. The zero-order valence-electron chi connectivity index (χ0n) is 16.5. The number of benzene rings is 3. The summed E-state index contributed by atoms with van der Waals surface area (Å²) in [5, 5.41) is 9.85. The van der Waals surface area contributed by atoms with Gasteiger partial charge < -0.3 is 9.84 Å². The van der Waals surface area contributed by atoms with Gasteiger partial charge in [-0.25, -0.2) is 4.79 Å². The Morgan fingerprint density at radius 2 is 1.88 bits per heavy atom. The smallest absolute Gasteiger partial charge is 0.335 e. The van der Waals surface area contributed by atoms with Gasteiger partial charge in [0.2, 0.25) is 0 Å². The highest BCUT2D eigenvalue weighted by Gasteiger charge is 2.33. The molecule has 0 aromatic heterocycles. The molecule has 0 aliphatic carbocycles. The van der Waals surface area contributed by atoms with Crippen LogP contribution in [0, 0.1) is 0 Å². The average Bonchev–Trinajstić information content (AvgIpc) is 3.06. The highest BCUT2D eigenvalue weighted by molar-refractivity contribution is 8.27. The van der Waals surface area contributed by atoms with Crippen molar-refractivity contribution in [2.75, 3.05) is 4.90 Å². The fourth-order valence-electron chi connectivity index (χ4n) is 3.09. The summed E-state index contributed by atoms with van der Waals surface area (Å²) < 4.78 is 6.20. The van der Waals surface area contributed by atoms with Crippen molar-refractivity contribution in [3.05, 3.63) is 99.4 Å². The number of carboxylic acid groups (broad SMARTS) is 1. The van der Waals surface area contributed by atoms with E-state index in [-0.39, 0.29) is 11.5 Å². The second kappa shape index (κ2) is 9.56. The largest absolute Gasteiger partial charge is 0.489 e. The molecule has 8 heteroatoms. The van der Waals surface area contributed by atoms with Crippen LogP contribution in [0.2, 0.25) is 5.02 Å². The van der Waals surface area contributed by atoms with Crippen LogP contribution in [0.15, 0.2) is 77.7 Å². The molecule has 0 saturated carbocycles. The van der Waals surface area contributed by atoms with Crippen molar-refractivity contribution >= 4 is 63.5 Å². The number of carbonyl (C=O) groups excluding carboxylic acids is 1. The molecule has 0 atom stereocenters. The van der Waals surface area contributed by atoms with Crippen molar-refractivity contribution in [3.63, 3.8) is 0 Å². The van der Waals surface area contributed by atoms with Gasteiger partial charge in [-0.15, -0.1) is 0 Å². The maximum atomic E-state index is 13.0. The molecule has 3 aromatic rings. The van der Waals surface area contributed by atoms with E-state index in [9.17, 15) is 14.7 Å². The Bertz CT molecular complexity index is 1260. The standard InChI is InChI=1S/C24H16ClNO4S2/c25-20-10-2-1-6-17(20)14-30-19-9-3-5-15(11-19)12-21-22(27)26(24(31)32-21)18-8-4-7-16(13-18)23(28)29/h1-13H,14H2,(H,28,29). The number of ether oxygens (including phenoxy) is 1. The SMILES string of the molecule is O=C(O)c1cccc(N2C(=O)C(=Cc3cccc(OCc4ccccc4Cl)c3)SC2=S)c1. The first-order chi connectivity index (χ1) is 15.4. The minimum absolute atomic E-state index is 0.0869. The highest BCUT2D eigenvalue weighted by atomic mass is 35.5. The fourth-order valence-corrected chi connectivity index (χ4v) is 4.58. The molecule has 1 aliphatic heterocycles. The number of aromatic carboxylic acids is 1. The molecule has 1 heterocycles. The van der Waals surface area contributed by atoms with E-state index in [1.807, 2.05) is 48.5 Å². The lowest BCUT2D eigenvalue weighted by molar-refractivity contribution is -0.113. The fraction of sp³-hybridized carbons (Fsp3) is 0.0417. The molecule has 160 valence electrons. The molecule has 32 heavy (non-hydrogen) atoms. The van der Waals surface area contributed by atoms with Gasteiger partial charge in [-0.1, -0.05) is 72.0 Å². The molecular formula is C24H16ClNO4S2. The molecule has 0 bridgehead atoms. The molecule has 5 nitrogen and oxygen atoms in total. The van der Waals surface area contributed by atoms with Gasteiger partial charge in [0.1, 0.15) is 12.4 Å². The maximum absolute atomic E-state index is 13.0. The van der Waals surface area contributed by atoms with Crippen LogP contribution in [0.4, 0.5) is 5.69 Å². The number of carboxylic acids is 1. The lowest BCUT2D eigenvalue weighted by Gasteiger charge is -2.14. The van der Waals surface area contributed by atoms with Gasteiger partial charge in [-0.3, -0.25) is 9.69 Å². The minimum atomic E-state index is -1.07. The molecule has 0 unspecified atom stereocenters. The van der Waals surface area contributed by atoms with Crippen molar-refractivity contribution in [3.8, 4) is 5.75 Å². The van der Waals surface area contributed by atoms with E-state index in [0.717, 1.165) is 11.1 Å². The predicted octanol–water partition coefficient (Wildman–Crippen LogP) is 6.02. The van der Waals surface area contributed by atoms with Gasteiger partial charge in [-0.2, -0.15) is 0 Å². The molecule has 0 radical (unpaired) electrons. The number of halogens is 1. The summed E-state index contributed by atoms with van der Waals surface area (Å²) in [5.74, 6) is -0.727. The zero-order chi connectivity index (χ0) is 22.7. The third kappa shape index (κ3) is 4.85. The number of thioether (sulfide) groups is 1. The molecule has 1 fully saturated rings. The van der Waals surface area contributed by atoms with Crippen molar-refractivity contribution in [1.29, 1.82) is 0 Å². The number of hydrogen-bond acceptors (Lipinski definition) is 5. The van der Waals surface area contributed by atoms with Crippen LogP contribution in [-0.2, 0) is 11.4 Å². The van der Waals surface area contributed by atoms with Crippen LogP contribution in [0.3, 0.4) is 0 Å². The predicted molar refractivity (Wildman–Crippen MR) is 131 cm³/mol. The Morgan fingerprint density at radius 1 is 1.09 bits per heavy atom. The summed E-state index contributed by atoms with van der Waals surface area (Å²) in [6.45, 7) is 0.325. The van der Waals surface area contributed by atoms with E-state index < -0.39 is 5.97 Å². The Hall–Kier alpha value is -3.13. The first kappa shape index (κ1) is 22.1. The summed E-state index contributed by atoms with van der Waals surface area (Å²) in [6.07, 6.45) is 1.74. The first-order valence-corrected chi connectivity index (χ1v) is 11.1. The normalized spacial score (nSPS) is 14.8. The molecule has 1 saturated heterocycles. The quantitative estimate of drug-likeness (QED) is 0.343. The number of rotatable bonds is 6.